The molecule has 0 aliphatic rings. The first-order valence-electron chi connectivity index (χ1n) is 10.5. The van der Waals surface area contributed by atoms with Crippen LogP contribution >= 0.6 is 7.14 Å². The summed E-state index contributed by atoms with van der Waals surface area (Å²) >= 11 is 0. The Balaban J connectivity index is 2.21. The fourth-order valence-electron chi connectivity index (χ4n) is 3.67. The summed E-state index contributed by atoms with van der Waals surface area (Å²) in [5.41, 5.74) is -0.859. The predicted molar refractivity (Wildman–Crippen MR) is 127 cm³/mol. The van der Waals surface area contributed by atoms with Gasteiger partial charge in [0.05, 0.1) is 0 Å². The molecule has 0 radical (unpaired) electrons. The van der Waals surface area contributed by atoms with Gasteiger partial charge in [-0.05, 0) is 25.5 Å². The molecule has 3 rings (SSSR count). The van der Waals surface area contributed by atoms with E-state index in [0.717, 1.165) is 5.56 Å². The van der Waals surface area contributed by atoms with E-state index in [4.69, 9.17) is 9.47 Å². The average molecular weight is 436 g/mol. The standard InChI is InChI=1S/C26H29O4P/c1-3-29-26(30-4-2,25(27)21-20-22-14-8-5-9-15-22)31(28,23-16-10-6-11-17-23)24-18-12-7-13-19-24/h5-21,25,27H,3-4H2,1-2H3/b21-20+. The molecule has 0 fully saturated rings. The van der Waals surface area contributed by atoms with E-state index in [-0.39, 0.29) is 13.2 Å². The van der Waals surface area contributed by atoms with E-state index < -0.39 is 18.8 Å². The highest BCUT2D eigenvalue weighted by Crippen LogP contribution is 2.59. The smallest absolute Gasteiger partial charge is 0.261 e. The first-order chi connectivity index (χ1) is 15.1. The molecule has 0 saturated heterocycles. The quantitative estimate of drug-likeness (QED) is 0.366. The third kappa shape index (κ3) is 4.73. The fourth-order valence-corrected chi connectivity index (χ4v) is 6.95. The first kappa shape index (κ1) is 23.2. The number of ether oxygens (including phenoxy) is 2. The molecule has 31 heavy (non-hydrogen) atoms. The zero-order valence-corrected chi connectivity index (χ0v) is 18.8. The van der Waals surface area contributed by atoms with Gasteiger partial charge in [0.25, 0.3) is 5.53 Å². The zero-order chi connectivity index (χ0) is 22.2. The number of aliphatic hydroxyl groups excluding tert-OH is 1. The molecule has 0 aliphatic carbocycles. The fraction of sp³-hybridized carbons (Fsp3) is 0.231. The summed E-state index contributed by atoms with van der Waals surface area (Å²) in [6.07, 6.45) is 2.11. The molecule has 1 atom stereocenters. The van der Waals surface area contributed by atoms with Crippen molar-refractivity contribution in [1.82, 2.24) is 0 Å². The van der Waals surface area contributed by atoms with Crippen LogP contribution in [0.2, 0.25) is 0 Å². The van der Waals surface area contributed by atoms with Crippen molar-refractivity contribution in [2.24, 2.45) is 0 Å². The predicted octanol–water partition coefficient (Wildman–Crippen LogP) is 4.80. The van der Waals surface area contributed by atoms with Crippen LogP contribution < -0.4 is 10.6 Å². The van der Waals surface area contributed by atoms with E-state index in [2.05, 4.69) is 0 Å². The summed E-state index contributed by atoms with van der Waals surface area (Å²) in [6.45, 7) is 4.06. The van der Waals surface area contributed by atoms with Crippen LogP contribution in [-0.2, 0) is 14.0 Å². The minimum atomic E-state index is -3.62. The Morgan fingerprint density at radius 1 is 0.806 bits per heavy atom. The summed E-state index contributed by atoms with van der Waals surface area (Å²) in [4.78, 5) is 0. The third-order valence-electron chi connectivity index (χ3n) is 5.03. The van der Waals surface area contributed by atoms with Crippen LogP contribution in [-0.4, -0.2) is 30.0 Å². The Labute approximate surface area is 184 Å². The van der Waals surface area contributed by atoms with Crippen LogP contribution in [0.4, 0.5) is 0 Å². The Kier molecular flexibility index (Phi) is 8.00. The molecule has 0 spiro atoms. The van der Waals surface area contributed by atoms with E-state index in [0.29, 0.717) is 10.6 Å². The number of rotatable bonds is 10. The second kappa shape index (κ2) is 10.7. The van der Waals surface area contributed by atoms with Gasteiger partial charge < -0.3 is 19.1 Å². The van der Waals surface area contributed by atoms with Gasteiger partial charge in [0, 0.05) is 23.8 Å². The lowest BCUT2D eigenvalue weighted by molar-refractivity contribution is -0.212. The van der Waals surface area contributed by atoms with Crippen molar-refractivity contribution in [3.8, 4) is 0 Å². The molecule has 3 aromatic carbocycles. The largest absolute Gasteiger partial charge is 0.383 e. The van der Waals surface area contributed by atoms with Gasteiger partial charge >= 0.3 is 0 Å². The molecule has 0 saturated carbocycles. The van der Waals surface area contributed by atoms with Gasteiger partial charge in [-0.3, -0.25) is 0 Å². The maximum absolute atomic E-state index is 15.0. The molecule has 0 heterocycles. The topological polar surface area (TPSA) is 55.8 Å². The van der Waals surface area contributed by atoms with Gasteiger partial charge in [-0.2, -0.15) is 0 Å². The highest BCUT2D eigenvalue weighted by Gasteiger charge is 2.57. The number of benzene rings is 3. The Hall–Kier alpha value is -2.49. The van der Waals surface area contributed by atoms with Crippen molar-refractivity contribution < 1.29 is 19.1 Å². The summed E-state index contributed by atoms with van der Waals surface area (Å²) in [6, 6.07) is 27.9. The van der Waals surface area contributed by atoms with E-state index in [9.17, 15) is 5.11 Å². The number of hydrogen-bond donors (Lipinski definition) is 1. The van der Waals surface area contributed by atoms with Crippen LogP contribution in [0.3, 0.4) is 0 Å². The molecule has 0 aliphatic heterocycles. The normalized spacial score (nSPS) is 13.4. The maximum atomic E-state index is 15.0. The number of aliphatic hydroxyl groups is 1. The van der Waals surface area contributed by atoms with E-state index in [1.165, 1.54) is 0 Å². The third-order valence-corrected chi connectivity index (χ3v) is 8.48. The van der Waals surface area contributed by atoms with E-state index in [1.807, 2.05) is 80.6 Å². The minimum absolute atomic E-state index is 0.222. The van der Waals surface area contributed by atoms with Crippen LogP contribution in [0.1, 0.15) is 19.4 Å². The van der Waals surface area contributed by atoms with Gasteiger partial charge in [-0.25, -0.2) is 0 Å². The van der Waals surface area contributed by atoms with Crippen LogP contribution in [0, 0.1) is 0 Å². The van der Waals surface area contributed by atoms with Crippen LogP contribution in [0.25, 0.3) is 6.08 Å². The van der Waals surface area contributed by atoms with Gasteiger partial charge in [-0.1, -0.05) is 97.1 Å². The summed E-state index contributed by atoms with van der Waals surface area (Å²) < 4.78 is 27.2. The molecular formula is C26H29O4P. The lowest BCUT2D eigenvalue weighted by atomic mass is 10.2. The Morgan fingerprint density at radius 2 is 1.23 bits per heavy atom. The van der Waals surface area contributed by atoms with Crippen molar-refractivity contribution in [2.75, 3.05) is 13.2 Å². The molecule has 4 nitrogen and oxygen atoms in total. The van der Waals surface area contributed by atoms with Gasteiger partial charge in [0.2, 0.25) is 7.14 Å². The molecule has 0 amide bonds. The number of hydrogen-bond acceptors (Lipinski definition) is 4. The molecule has 0 bridgehead atoms. The van der Waals surface area contributed by atoms with Crippen LogP contribution in [0.15, 0.2) is 97.1 Å². The highest BCUT2D eigenvalue weighted by molar-refractivity contribution is 7.79. The highest BCUT2D eigenvalue weighted by atomic mass is 31.2. The molecule has 162 valence electrons. The second-order valence-corrected chi connectivity index (χ2v) is 9.87. The van der Waals surface area contributed by atoms with Gasteiger partial charge in [0.1, 0.15) is 6.10 Å². The lowest BCUT2D eigenvalue weighted by Gasteiger charge is -2.42. The van der Waals surface area contributed by atoms with Crippen molar-refractivity contribution in [3.05, 3.63) is 103 Å². The SMILES string of the molecule is CCOC(OCC)(C(O)/C=C/c1ccccc1)P(=O)(c1ccccc1)c1ccccc1. The van der Waals surface area contributed by atoms with Gasteiger partial charge in [0.15, 0.2) is 0 Å². The minimum Gasteiger partial charge on any atom is -0.383 e. The maximum Gasteiger partial charge on any atom is 0.261 e. The van der Waals surface area contributed by atoms with Crippen molar-refractivity contribution >= 4 is 23.8 Å². The molecule has 0 aromatic heterocycles. The van der Waals surface area contributed by atoms with Crippen molar-refractivity contribution in [3.63, 3.8) is 0 Å². The molecule has 3 aromatic rings. The lowest BCUT2D eigenvalue weighted by Crippen LogP contribution is -2.51. The monoisotopic (exact) mass is 436 g/mol. The van der Waals surface area contributed by atoms with E-state index >= 15 is 4.57 Å². The summed E-state index contributed by atoms with van der Waals surface area (Å²) in [5.74, 6) is 0. The van der Waals surface area contributed by atoms with Crippen molar-refractivity contribution in [1.29, 1.82) is 0 Å². The molecule has 1 unspecified atom stereocenters. The van der Waals surface area contributed by atoms with E-state index in [1.54, 1.807) is 36.4 Å². The zero-order valence-electron chi connectivity index (χ0n) is 17.9. The van der Waals surface area contributed by atoms with Crippen LogP contribution in [0.5, 0.6) is 0 Å². The molecule has 1 N–H and O–H groups in total. The molecule has 5 heteroatoms. The summed E-state index contributed by atoms with van der Waals surface area (Å²) in [7, 11) is -3.62. The Bertz CT molecular complexity index is 954. The second-order valence-electron chi connectivity index (χ2n) is 6.99. The van der Waals surface area contributed by atoms with Crippen molar-refractivity contribution in [2.45, 2.75) is 25.5 Å². The average Bonchev–Trinajstić information content (AvgIpc) is 2.83. The molecular weight excluding hydrogens is 407 g/mol. The Morgan fingerprint density at radius 3 is 1.65 bits per heavy atom. The van der Waals surface area contributed by atoms with Gasteiger partial charge in [-0.15, -0.1) is 0 Å². The summed E-state index contributed by atoms with van der Waals surface area (Å²) in [5, 5.41) is 12.6. The first-order valence-corrected chi connectivity index (χ1v) is 12.2.